The maximum absolute atomic E-state index is 13.2. The van der Waals surface area contributed by atoms with Crippen molar-refractivity contribution in [2.24, 2.45) is 11.8 Å². The molecule has 0 unspecified atom stereocenters. The van der Waals surface area contributed by atoms with Crippen LogP contribution < -0.4 is 5.43 Å². The van der Waals surface area contributed by atoms with Gasteiger partial charge in [0.1, 0.15) is 12.4 Å². The first-order valence-corrected chi connectivity index (χ1v) is 17.3. The van der Waals surface area contributed by atoms with Crippen LogP contribution in [0.15, 0.2) is 35.5 Å². The average molecular weight is 509 g/mol. The normalized spacial score (nSPS) is 21.6. The van der Waals surface area contributed by atoms with Crippen molar-refractivity contribution in [2.75, 3.05) is 19.7 Å². The van der Waals surface area contributed by atoms with Gasteiger partial charge in [0.25, 0.3) is 0 Å². The molecule has 5 rings (SSSR count). The van der Waals surface area contributed by atoms with E-state index in [9.17, 15) is 9.59 Å². The molecule has 0 aromatic carbocycles. The lowest BCUT2D eigenvalue weighted by Gasteiger charge is -2.40. The Morgan fingerprint density at radius 1 is 1.11 bits per heavy atom. The van der Waals surface area contributed by atoms with Crippen molar-refractivity contribution in [3.63, 3.8) is 0 Å². The molecule has 8 heteroatoms. The molecular formula is C28H40N4O3Si. The third-order valence-corrected chi connectivity index (χ3v) is 9.89. The van der Waals surface area contributed by atoms with E-state index in [0.717, 1.165) is 67.8 Å². The van der Waals surface area contributed by atoms with Gasteiger partial charge in [0.15, 0.2) is 5.43 Å². The highest BCUT2D eigenvalue weighted by atomic mass is 28.3. The van der Waals surface area contributed by atoms with Gasteiger partial charge in [-0.25, -0.2) is 4.98 Å². The Labute approximate surface area is 214 Å². The number of nitrogens with zero attached hydrogens (tertiary/aromatic N) is 4. The van der Waals surface area contributed by atoms with Crippen molar-refractivity contribution in [1.29, 1.82) is 0 Å². The maximum Gasteiger partial charge on any atom is 0.225 e. The number of aromatic nitrogens is 3. The number of fused-ring (bicyclic) bond motifs is 3. The second kappa shape index (κ2) is 10.1. The molecule has 1 aliphatic carbocycles. The fourth-order valence-corrected chi connectivity index (χ4v) is 6.62. The van der Waals surface area contributed by atoms with Crippen LogP contribution >= 0.6 is 0 Å². The molecule has 0 radical (unpaired) electrons. The standard InChI is InChI=1S/C28H40N4O3Si/c1-20-9-12-30(28(34)21-7-5-6-8-21)18-24(20)32-14-11-25(33)23-17-29-27-22(26(23)32)10-13-31(27)19-35-15-16-36(2,3)4/h10-11,13-14,17,20-21,24H,5-9,12,15-16,18-19H2,1-4H3/t20-,24+/m1/s1. The van der Waals surface area contributed by atoms with Crippen LogP contribution in [0.5, 0.6) is 0 Å². The number of likely N-dealkylation sites (tertiary alicyclic amines) is 1. The molecular weight excluding hydrogens is 468 g/mol. The summed E-state index contributed by atoms with van der Waals surface area (Å²) in [5.41, 5.74) is 1.73. The Morgan fingerprint density at radius 2 is 1.89 bits per heavy atom. The summed E-state index contributed by atoms with van der Waals surface area (Å²) < 4.78 is 10.3. The molecule has 194 valence electrons. The molecule has 0 bridgehead atoms. The molecule has 3 aromatic heterocycles. The Hall–Kier alpha value is -2.45. The third kappa shape index (κ3) is 5.02. The quantitative estimate of drug-likeness (QED) is 0.322. The lowest BCUT2D eigenvalue weighted by molar-refractivity contribution is -0.137. The van der Waals surface area contributed by atoms with Crippen molar-refractivity contribution in [3.8, 4) is 0 Å². The predicted octanol–water partition coefficient (Wildman–Crippen LogP) is 5.26. The minimum absolute atomic E-state index is 0.0165. The molecule has 1 saturated heterocycles. The minimum atomic E-state index is -1.15. The highest BCUT2D eigenvalue weighted by Crippen LogP contribution is 2.34. The number of rotatable bonds is 7. The SMILES string of the molecule is C[C@@H]1CCN(C(=O)C2CCCC2)C[C@@H]1n1ccc(=O)c2cnc3c(ccn3COCC[Si](C)(C)C)c21. The van der Waals surface area contributed by atoms with Crippen molar-refractivity contribution in [3.05, 3.63) is 40.9 Å². The Morgan fingerprint density at radius 3 is 2.64 bits per heavy atom. The van der Waals surface area contributed by atoms with Gasteiger partial charge in [-0.1, -0.05) is 39.4 Å². The van der Waals surface area contributed by atoms with Gasteiger partial charge in [-0.2, -0.15) is 0 Å². The summed E-state index contributed by atoms with van der Waals surface area (Å²) in [6.45, 7) is 12.0. The van der Waals surface area contributed by atoms with E-state index >= 15 is 0 Å². The van der Waals surface area contributed by atoms with Crippen molar-refractivity contribution in [2.45, 2.75) is 77.5 Å². The number of pyridine rings is 2. The monoisotopic (exact) mass is 508 g/mol. The smallest absolute Gasteiger partial charge is 0.225 e. The molecule has 0 spiro atoms. The molecule has 1 aliphatic heterocycles. The van der Waals surface area contributed by atoms with Crippen LogP contribution in [0, 0.1) is 11.8 Å². The van der Waals surface area contributed by atoms with Gasteiger partial charge in [0.05, 0.1) is 16.9 Å². The van der Waals surface area contributed by atoms with Gasteiger partial charge in [-0.15, -0.1) is 0 Å². The zero-order valence-electron chi connectivity index (χ0n) is 22.2. The first-order valence-electron chi connectivity index (χ1n) is 13.6. The van der Waals surface area contributed by atoms with Crippen LogP contribution in [-0.4, -0.2) is 52.7 Å². The molecule has 3 aromatic rings. The summed E-state index contributed by atoms with van der Waals surface area (Å²) in [7, 11) is -1.15. The fourth-order valence-electron chi connectivity index (χ4n) is 5.86. The zero-order chi connectivity index (χ0) is 25.4. The van der Waals surface area contributed by atoms with E-state index < -0.39 is 8.07 Å². The van der Waals surface area contributed by atoms with Crippen molar-refractivity contribution >= 4 is 35.9 Å². The van der Waals surface area contributed by atoms with E-state index in [4.69, 9.17) is 4.74 Å². The van der Waals surface area contributed by atoms with E-state index in [1.54, 1.807) is 12.3 Å². The van der Waals surface area contributed by atoms with E-state index in [1.165, 1.54) is 0 Å². The van der Waals surface area contributed by atoms with Crippen LogP contribution in [0.4, 0.5) is 0 Å². The van der Waals surface area contributed by atoms with Crippen molar-refractivity contribution in [1.82, 2.24) is 19.0 Å². The van der Waals surface area contributed by atoms with Gasteiger partial charge in [0, 0.05) is 63.7 Å². The molecule has 2 atom stereocenters. The number of amides is 1. The Balaban J connectivity index is 1.47. The molecule has 36 heavy (non-hydrogen) atoms. The lowest BCUT2D eigenvalue weighted by atomic mass is 9.91. The summed E-state index contributed by atoms with van der Waals surface area (Å²) in [5, 5.41) is 1.60. The summed E-state index contributed by atoms with van der Waals surface area (Å²) >= 11 is 0. The topological polar surface area (TPSA) is 69.4 Å². The molecule has 1 amide bonds. The Bertz CT molecular complexity index is 1300. The van der Waals surface area contributed by atoms with Gasteiger partial charge >= 0.3 is 0 Å². The first kappa shape index (κ1) is 25.2. The van der Waals surface area contributed by atoms with E-state index in [0.29, 0.717) is 30.5 Å². The maximum atomic E-state index is 13.2. The number of hydrogen-bond donors (Lipinski definition) is 0. The number of carbonyl (C=O) groups is 1. The van der Waals surface area contributed by atoms with Crippen molar-refractivity contribution < 1.29 is 9.53 Å². The molecule has 2 aliphatic rings. The molecule has 7 nitrogen and oxygen atoms in total. The molecule has 0 N–H and O–H groups in total. The summed E-state index contributed by atoms with van der Waals surface area (Å²) in [6.07, 6.45) is 11.0. The average Bonchev–Trinajstić information content (AvgIpc) is 3.52. The fraction of sp³-hybridized carbons (Fsp3) is 0.607. The number of hydrogen-bond acceptors (Lipinski definition) is 4. The predicted molar refractivity (Wildman–Crippen MR) is 147 cm³/mol. The van der Waals surface area contributed by atoms with Gasteiger partial charge in [0.2, 0.25) is 5.91 Å². The highest BCUT2D eigenvalue weighted by molar-refractivity contribution is 6.76. The van der Waals surface area contributed by atoms with E-state index in [-0.39, 0.29) is 17.4 Å². The van der Waals surface area contributed by atoms with Crippen LogP contribution in [0.25, 0.3) is 21.9 Å². The molecule has 4 heterocycles. The largest absolute Gasteiger partial charge is 0.361 e. The highest BCUT2D eigenvalue weighted by Gasteiger charge is 2.34. The first-order chi connectivity index (χ1) is 17.2. The van der Waals surface area contributed by atoms with Crippen LogP contribution in [0.3, 0.4) is 0 Å². The van der Waals surface area contributed by atoms with E-state index in [2.05, 4.69) is 47.1 Å². The van der Waals surface area contributed by atoms with Crippen LogP contribution in [-0.2, 0) is 16.3 Å². The van der Waals surface area contributed by atoms with Crippen LogP contribution in [0.1, 0.15) is 45.1 Å². The minimum Gasteiger partial charge on any atom is -0.361 e. The third-order valence-electron chi connectivity index (χ3n) is 8.19. The molecule has 1 saturated carbocycles. The van der Waals surface area contributed by atoms with Crippen LogP contribution in [0.2, 0.25) is 25.7 Å². The Kier molecular flexibility index (Phi) is 7.09. The number of piperidine rings is 1. The van der Waals surface area contributed by atoms with Gasteiger partial charge < -0.3 is 18.8 Å². The van der Waals surface area contributed by atoms with Gasteiger partial charge in [-0.3, -0.25) is 9.59 Å². The summed E-state index contributed by atoms with van der Waals surface area (Å²) in [6, 6.07) is 4.94. The molecule has 2 fully saturated rings. The summed E-state index contributed by atoms with van der Waals surface area (Å²) in [5.74, 6) is 0.914. The number of carbonyl (C=O) groups excluding carboxylic acids is 1. The zero-order valence-corrected chi connectivity index (χ0v) is 23.2. The second-order valence-corrected chi connectivity index (χ2v) is 17.7. The van der Waals surface area contributed by atoms with Gasteiger partial charge in [-0.05, 0) is 37.3 Å². The second-order valence-electron chi connectivity index (χ2n) is 12.1. The lowest BCUT2D eigenvalue weighted by Crippen LogP contribution is -2.46. The van der Waals surface area contributed by atoms with E-state index in [1.807, 2.05) is 17.0 Å². The summed E-state index contributed by atoms with van der Waals surface area (Å²) in [4.78, 5) is 32.9. The number of ether oxygens (including phenoxy) is 1.